The molecule has 0 amide bonds. The summed E-state index contributed by atoms with van der Waals surface area (Å²) in [5, 5.41) is 9.57. The lowest BCUT2D eigenvalue weighted by Gasteiger charge is -2.27. The molecule has 92 valence electrons. The molecule has 0 saturated carbocycles. The van der Waals surface area contributed by atoms with Crippen LogP contribution in [-0.4, -0.2) is 30.6 Å². The standard InChI is InChI=1S/C15H21NO/c1-16(2)11-13-6-3-4-9-15(13)12-7-5-8-14(17)10-12/h5,7-10,13,17H,3-4,6,11H2,1-2H3. The van der Waals surface area contributed by atoms with Crippen LogP contribution in [0.15, 0.2) is 30.3 Å². The Kier molecular flexibility index (Phi) is 3.85. The van der Waals surface area contributed by atoms with Crippen LogP contribution in [0.5, 0.6) is 5.75 Å². The molecular formula is C15H21NO. The molecule has 1 aromatic rings. The van der Waals surface area contributed by atoms with E-state index in [2.05, 4.69) is 31.1 Å². The van der Waals surface area contributed by atoms with E-state index >= 15 is 0 Å². The first kappa shape index (κ1) is 12.2. The van der Waals surface area contributed by atoms with Crippen LogP contribution in [0.2, 0.25) is 0 Å². The minimum absolute atomic E-state index is 0.359. The van der Waals surface area contributed by atoms with Gasteiger partial charge in [-0.1, -0.05) is 18.2 Å². The summed E-state index contributed by atoms with van der Waals surface area (Å²) in [6.45, 7) is 1.08. The highest BCUT2D eigenvalue weighted by Crippen LogP contribution is 2.33. The predicted octanol–water partition coefficient (Wildman–Crippen LogP) is 3.14. The number of hydrogen-bond acceptors (Lipinski definition) is 2. The Morgan fingerprint density at radius 3 is 2.88 bits per heavy atom. The van der Waals surface area contributed by atoms with Crippen LogP contribution in [0, 0.1) is 5.92 Å². The van der Waals surface area contributed by atoms with E-state index < -0.39 is 0 Å². The number of nitrogens with zero attached hydrogens (tertiary/aromatic N) is 1. The largest absolute Gasteiger partial charge is 0.508 e. The molecular weight excluding hydrogens is 210 g/mol. The molecule has 2 rings (SSSR count). The van der Waals surface area contributed by atoms with Gasteiger partial charge in [0.1, 0.15) is 5.75 Å². The molecule has 0 bridgehead atoms. The summed E-state index contributed by atoms with van der Waals surface area (Å²) in [4.78, 5) is 2.24. The number of rotatable bonds is 3. The van der Waals surface area contributed by atoms with Gasteiger partial charge >= 0.3 is 0 Å². The van der Waals surface area contributed by atoms with Gasteiger partial charge in [-0.3, -0.25) is 0 Å². The topological polar surface area (TPSA) is 23.5 Å². The molecule has 1 N–H and O–H groups in total. The molecule has 1 aromatic carbocycles. The third-order valence-corrected chi connectivity index (χ3v) is 3.33. The number of benzene rings is 1. The maximum atomic E-state index is 9.57. The first-order chi connectivity index (χ1) is 8.16. The molecule has 0 fully saturated rings. The summed E-state index contributed by atoms with van der Waals surface area (Å²) in [5.41, 5.74) is 2.58. The average molecular weight is 231 g/mol. The molecule has 1 unspecified atom stereocenters. The number of allylic oxidation sites excluding steroid dienone is 1. The van der Waals surface area contributed by atoms with Gasteiger partial charge in [-0.25, -0.2) is 0 Å². The van der Waals surface area contributed by atoms with Crippen molar-refractivity contribution in [2.24, 2.45) is 5.92 Å². The summed E-state index contributed by atoms with van der Waals surface area (Å²) in [5.74, 6) is 0.957. The van der Waals surface area contributed by atoms with Crippen molar-refractivity contribution in [2.45, 2.75) is 19.3 Å². The number of hydrogen-bond donors (Lipinski definition) is 1. The summed E-state index contributed by atoms with van der Waals surface area (Å²) in [7, 11) is 4.24. The minimum atomic E-state index is 0.359. The van der Waals surface area contributed by atoms with Crippen LogP contribution >= 0.6 is 0 Å². The van der Waals surface area contributed by atoms with Gasteiger partial charge in [0.15, 0.2) is 0 Å². The summed E-state index contributed by atoms with van der Waals surface area (Å²) < 4.78 is 0. The van der Waals surface area contributed by atoms with Gasteiger partial charge in [-0.15, -0.1) is 0 Å². The quantitative estimate of drug-likeness (QED) is 0.864. The summed E-state index contributed by atoms with van der Waals surface area (Å²) in [6.07, 6.45) is 6.03. The second-order valence-corrected chi connectivity index (χ2v) is 5.10. The Morgan fingerprint density at radius 2 is 2.18 bits per heavy atom. The van der Waals surface area contributed by atoms with Gasteiger partial charge in [0.25, 0.3) is 0 Å². The van der Waals surface area contributed by atoms with E-state index in [4.69, 9.17) is 0 Å². The predicted molar refractivity (Wildman–Crippen MR) is 72.0 cm³/mol. The van der Waals surface area contributed by atoms with Crippen molar-refractivity contribution < 1.29 is 5.11 Å². The fraction of sp³-hybridized carbons (Fsp3) is 0.467. The van der Waals surface area contributed by atoms with E-state index in [1.54, 1.807) is 6.07 Å². The Bertz CT molecular complexity index is 409. The lowest BCUT2D eigenvalue weighted by atomic mass is 9.83. The van der Waals surface area contributed by atoms with E-state index in [1.807, 2.05) is 12.1 Å². The highest BCUT2D eigenvalue weighted by atomic mass is 16.3. The second kappa shape index (κ2) is 5.37. The number of phenols is 1. The van der Waals surface area contributed by atoms with E-state index in [0.29, 0.717) is 11.7 Å². The van der Waals surface area contributed by atoms with E-state index in [1.165, 1.54) is 24.0 Å². The summed E-state index contributed by atoms with van der Waals surface area (Å²) >= 11 is 0. The zero-order valence-corrected chi connectivity index (χ0v) is 10.7. The molecule has 0 spiro atoms. The molecule has 1 atom stereocenters. The van der Waals surface area contributed by atoms with Crippen molar-refractivity contribution in [2.75, 3.05) is 20.6 Å². The van der Waals surface area contributed by atoms with Crippen LogP contribution in [0.4, 0.5) is 0 Å². The van der Waals surface area contributed by atoms with Crippen LogP contribution < -0.4 is 0 Å². The Labute approximate surface area is 104 Å². The molecule has 0 radical (unpaired) electrons. The van der Waals surface area contributed by atoms with Gasteiger partial charge in [0.05, 0.1) is 0 Å². The first-order valence-electron chi connectivity index (χ1n) is 6.31. The third kappa shape index (κ3) is 3.10. The van der Waals surface area contributed by atoms with Gasteiger partial charge < -0.3 is 10.0 Å². The summed E-state index contributed by atoms with van der Waals surface area (Å²) in [6, 6.07) is 7.63. The normalized spacial score (nSPS) is 20.4. The van der Waals surface area contributed by atoms with Crippen molar-refractivity contribution in [3.8, 4) is 5.75 Å². The Balaban J connectivity index is 2.24. The monoisotopic (exact) mass is 231 g/mol. The van der Waals surface area contributed by atoms with Crippen LogP contribution in [-0.2, 0) is 0 Å². The number of phenolic OH excluding ortho intramolecular Hbond substituents is 1. The molecule has 2 nitrogen and oxygen atoms in total. The molecule has 17 heavy (non-hydrogen) atoms. The van der Waals surface area contributed by atoms with Gasteiger partial charge in [-0.05, 0) is 62.5 Å². The second-order valence-electron chi connectivity index (χ2n) is 5.10. The highest BCUT2D eigenvalue weighted by molar-refractivity contribution is 5.69. The SMILES string of the molecule is CN(C)CC1CCCC=C1c1cccc(O)c1. The number of aromatic hydroxyl groups is 1. The molecule has 1 aliphatic carbocycles. The fourth-order valence-electron chi connectivity index (χ4n) is 2.61. The van der Waals surface area contributed by atoms with Crippen LogP contribution in [0.25, 0.3) is 5.57 Å². The Morgan fingerprint density at radius 1 is 1.35 bits per heavy atom. The average Bonchev–Trinajstić information content (AvgIpc) is 2.29. The zero-order valence-electron chi connectivity index (χ0n) is 10.7. The fourth-order valence-corrected chi connectivity index (χ4v) is 2.61. The van der Waals surface area contributed by atoms with Crippen LogP contribution in [0.3, 0.4) is 0 Å². The zero-order chi connectivity index (χ0) is 12.3. The first-order valence-corrected chi connectivity index (χ1v) is 6.31. The smallest absolute Gasteiger partial charge is 0.116 e. The van der Waals surface area contributed by atoms with Crippen molar-refractivity contribution >= 4 is 5.57 Å². The lowest BCUT2D eigenvalue weighted by Crippen LogP contribution is -2.24. The Hall–Kier alpha value is -1.28. The van der Waals surface area contributed by atoms with E-state index in [0.717, 1.165) is 13.0 Å². The van der Waals surface area contributed by atoms with E-state index in [9.17, 15) is 5.11 Å². The molecule has 1 aliphatic rings. The van der Waals surface area contributed by atoms with Gasteiger partial charge in [0.2, 0.25) is 0 Å². The van der Waals surface area contributed by atoms with E-state index in [-0.39, 0.29) is 0 Å². The molecule has 0 aliphatic heterocycles. The minimum Gasteiger partial charge on any atom is -0.508 e. The van der Waals surface area contributed by atoms with Gasteiger partial charge in [-0.2, -0.15) is 0 Å². The maximum absolute atomic E-state index is 9.57. The molecule has 0 saturated heterocycles. The lowest BCUT2D eigenvalue weighted by molar-refractivity contribution is 0.346. The van der Waals surface area contributed by atoms with Gasteiger partial charge in [0, 0.05) is 6.54 Å². The maximum Gasteiger partial charge on any atom is 0.116 e. The van der Waals surface area contributed by atoms with Crippen molar-refractivity contribution in [3.63, 3.8) is 0 Å². The highest BCUT2D eigenvalue weighted by Gasteiger charge is 2.19. The van der Waals surface area contributed by atoms with Crippen molar-refractivity contribution in [1.82, 2.24) is 4.90 Å². The third-order valence-electron chi connectivity index (χ3n) is 3.33. The van der Waals surface area contributed by atoms with Crippen molar-refractivity contribution in [3.05, 3.63) is 35.9 Å². The molecule has 0 aromatic heterocycles. The molecule has 0 heterocycles. The van der Waals surface area contributed by atoms with Crippen molar-refractivity contribution in [1.29, 1.82) is 0 Å². The molecule has 2 heteroatoms. The van der Waals surface area contributed by atoms with Crippen LogP contribution in [0.1, 0.15) is 24.8 Å².